The van der Waals surface area contributed by atoms with Crippen molar-refractivity contribution in [2.24, 2.45) is 5.92 Å². The van der Waals surface area contributed by atoms with Crippen molar-refractivity contribution in [1.82, 2.24) is 24.6 Å². The lowest BCUT2D eigenvalue weighted by Crippen LogP contribution is -2.35. The lowest BCUT2D eigenvalue weighted by Gasteiger charge is -2.25. The fourth-order valence-electron chi connectivity index (χ4n) is 3.14. The summed E-state index contributed by atoms with van der Waals surface area (Å²) in [4.78, 5) is 4.08. The predicted molar refractivity (Wildman–Crippen MR) is 94.2 cm³/mol. The largest absolute Gasteiger partial charge is 0.370 e. The molecule has 4 rings (SSSR count). The predicted octanol–water partition coefficient (Wildman–Crippen LogP) is 2.21. The minimum Gasteiger partial charge on any atom is -0.370 e. The van der Waals surface area contributed by atoms with Crippen LogP contribution in [-0.2, 0) is 13.1 Å². The molecule has 1 aliphatic heterocycles. The first kappa shape index (κ1) is 15.0. The van der Waals surface area contributed by atoms with Gasteiger partial charge < -0.3 is 15.2 Å². The lowest BCUT2D eigenvalue weighted by molar-refractivity contribution is 0.390. The topological polar surface area (TPSA) is 59.7 Å². The first-order valence-electron chi connectivity index (χ1n) is 8.34. The second kappa shape index (κ2) is 6.49. The van der Waals surface area contributed by atoms with Crippen LogP contribution in [0.25, 0.3) is 5.69 Å². The standard InChI is InChI=1S/C18H22N6/c1-14-8-18-21-11-16(12-24(18)22-14)10-20-9-15-2-4-17(5-3-15)23-7-6-19-13-23/h2-8,13,16,20-21H,9-12H2,1H3/t16-/m0/s1. The van der Waals surface area contributed by atoms with E-state index in [0.29, 0.717) is 5.92 Å². The first-order valence-corrected chi connectivity index (χ1v) is 8.34. The number of benzene rings is 1. The second-order valence-corrected chi connectivity index (χ2v) is 6.37. The highest BCUT2D eigenvalue weighted by Crippen LogP contribution is 2.18. The molecule has 1 aromatic carbocycles. The molecule has 6 nitrogen and oxygen atoms in total. The number of aryl methyl sites for hydroxylation is 1. The summed E-state index contributed by atoms with van der Waals surface area (Å²) < 4.78 is 4.08. The summed E-state index contributed by atoms with van der Waals surface area (Å²) >= 11 is 0. The van der Waals surface area contributed by atoms with Gasteiger partial charge in [-0.2, -0.15) is 5.10 Å². The molecule has 24 heavy (non-hydrogen) atoms. The van der Waals surface area contributed by atoms with Crippen molar-refractivity contribution in [3.63, 3.8) is 0 Å². The number of aromatic nitrogens is 4. The van der Waals surface area contributed by atoms with E-state index >= 15 is 0 Å². The molecule has 3 aromatic rings. The van der Waals surface area contributed by atoms with Crippen molar-refractivity contribution in [1.29, 1.82) is 0 Å². The summed E-state index contributed by atoms with van der Waals surface area (Å²) in [7, 11) is 0. The Morgan fingerprint density at radius 1 is 1.29 bits per heavy atom. The molecule has 1 atom stereocenters. The van der Waals surface area contributed by atoms with Gasteiger partial charge in [-0.05, 0) is 24.6 Å². The van der Waals surface area contributed by atoms with Gasteiger partial charge in [-0.15, -0.1) is 0 Å². The lowest BCUT2D eigenvalue weighted by atomic mass is 10.1. The molecule has 2 aromatic heterocycles. The molecule has 0 radical (unpaired) electrons. The number of nitrogens with zero attached hydrogens (tertiary/aromatic N) is 4. The molecular weight excluding hydrogens is 300 g/mol. The Balaban J connectivity index is 1.28. The van der Waals surface area contributed by atoms with Crippen LogP contribution in [-0.4, -0.2) is 32.4 Å². The summed E-state index contributed by atoms with van der Waals surface area (Å²) in [6.07, 6.45) is 5.56. The highest BCUT2D eigenvalue weighted by atomic mass is 15.3. The van der Waals surface area contributed by atoms with E-state index < -0.39 is 0 Å². The molecule has 6 heteroatoms. The van der Waals surface area contributed by atoms with Crippen LogP contribution in [0, 0.1) is 12.8 Å². The Labute approximate surface area is 141 Å². The molecule has 1 aliphatic rings. The molecule has 0 unspecified atom stereocenters. The molecule has 0 saturated carbocycles. The zero-order valence-corrected chi connectivity index (χ0v) is 13.8. The number of nitrogens with one attached hydrogen (secondary N) is 2. The van der Waals surface area contributed by atoms with Gasteiger partial charge in [0.25, 0.3) is 0 Å². The normalized spacial score (nSPS) is 16.6. The molecular formula is C18H22N6. The van der Waals surface area contributed by atoms with Crippen molar-refractivity contribution in [2.75, 3.05) is 18.4 Å². The highest BCUT2D eigenvalue weighted by Gasteiger charge is 2.18. The number of hydrogen-bond acceptors (Lipinski definition) is 4. The van der Waals surface area contributed by atoms with E-state index in [0.717, 1.165) is 43.4 Å². The Hall–Kier alpha value is -2.60. The van der Waals surface area contributed by atoms with Crippen molar-refractivity contribution in [3.05, 3.63) is 60.3 Å². The molecule has 2 N–H and O–H groups in total. The fourth-order valence-corrected chi connectivity index (χ4v) is 3.14. The van der Waals surface area contributed by atoms with Gasteiger partial charge in [-0.3, -0.25) is 0 Å². The van der Waals surface area contributed by atoms with Gasteiger partial charge in [-0.25, -0.2) is 9.67 Å². The summed E-state index contributed by atoms with van der Waals surface area (Å²) in [5, 5.41) is 11.5. The van der Waals surface area contributed by atoms with Gasteiger partial charge in [-0.1, -0.05) is 12.1 Å². The first-order chi connectivity index (χ1) is 11.8. The second-order valence-electron chi connectivity index (χ2n) is 6.37. The molecule has 0 aliphatic carbocycles. The van der Waals surface area contributed by atoms with Gasteiger partial charge in [0, 0.05) is 56.2 Å². The Morgan fingerprint density at radius 2 is 2.17 bits per heavy atom. The molecule has 0 spiro atoms. The Kier molecular flexibility index (Phi) is 4.04. The average Bonchev–Trinajstić information content (AvgIpc) is 3.24. The van der Waals surface area contributed by atoms with Gasteiger partial charge in [0.05, 0.1) is 12.0 Å². The van der Waals surface area contributed by atoms with Gasteiger partial charge in [0.1, 0.15) is 5.82 Å². The summed E-state index contributed by atoms with van der Waals surface area (Å²) in [6.45, 7) is 5.87. The van der Waals surface area contributed by atoms with Crippen LogP contribution in [0.4, 0.5) is 5.82 Å². The van der Waals surface area contributed by atoms with Gasteiger partial charge in [0.15, 0.2) is 0 Å². The highest BCUT2D eigenvalue weighted by molar-refractivity contribution is 5.38. The zero-order chi connectivity index (χ0) is 16.4. The zero-order valence-electron chi connectivity index (χ0n) is 13.8. The average molecular weight is 322 g/mol. The fraction of sp³-hybridized carbons (Fsp3) is 0.333. The summed E-state index contributed by atoms with van der Waals surface area (Å²) in [6, 6.07) is 10.7. The van der Waals surface area contributed by atoms with E-state index in [1.165, 1.54) is 5.56 Å². The summed E-state index contributed by atoms with van der Waals surface area (Å²) in [5.41, 5.74) is 3.50. The molecule has 124 valence electrons. The molecule has 0 saturated heterocycles. The van der Waals surface area contributed by atoms with Crippen LogP contribution >= 0.6 is 0 Å². The monoisotopic (exact) mass is 322 g/mol. The third-order valence-electron chi connectivity index (χ3n) is 4.41. The summed E-state index contributed by atoms with van der Waals surface area (Å²) in [5.74, 6) is 1.70. The minimum absolute atomic E-state index is 0.557. The molecule has 3 heterocycles. The van der Waals surface area contributed by atoms with Crippen molar-refractivity contribution in [3.8, 4) is 5.69 Å². The smallest absolute Gasteiger partial charge is 0.124 e. The Morgan fingerprint density at radius 3 is 2.96 bits per heavy atom. The quantitative estimate of drug-likeness (QED) is 0.756. The molecule has 0 amide bonds. The maximum Gasteiger partial charge on any atom is 0.124 e. The third kappa shape index (κ3) is 3.19. The maximum absolute atomic E-state index is 4.52. The van der Waals surface area contributed by atoms with E-state index in [1.807, 2.05) is 24.0 Å². The SMILES string of the molecule is Cc1cc2n(n1)C[C@@H](CNCc1ccc(-n3ccnc3)cc1)CN2. The number of fused-ring (bicyclic) bond motifs is 1. The van der Waals surface area contributed by atoms with Crippen LogP contribution in [0.5, 0.6) is 0 Å². The van der Waals surface area contributed by atoms with E-state index in [-0.39, 0.29) is 0 Å². The van der Waals surface area contributed by atoms with Crippen LogP contribution in [0.2, 0.25) is 0 Å². The van der Waals surface area contributed by atoms with Crippen molar-refractivity contribution >= 4 is 5.82 Å². The third-order valence-corrected chi connectivity index (χ3v) is 4.41. The van der Waals surface area contributed by atoms with Gasteiger partial charge in [0.2, 0.25) is 0 Å². The van der Waals surface area contributed by atoms with Crippen LogP contribution < -0.4 is 10.6 Å². The van der Waals surface area contributed by atoms with Gasteiger partial charge >= 0.3 is 0 Å². The maximum atomic E-state index is 4.52. The Bertz CT molecular complexity index is 788. The molecule has 0 fully saturated rings. The van der Waals surface area contributed by atoms with E-state index in [1.54, 1.807) is 6.20 Å². The van der Waals surface area contributed by atoms with Crippen molar-refractivity contribution in [2.45, 2.75) is 20.0 Å². The van der Waals surface area contributed by atoms with E-state index in [2.05, 4.69) is 55.7 Å². The van der Waals surface area contributed by atoms with Crippen LogP contribution in [0.1, 0.15) is 11.3 Å². The number of rotatable bonds is 5. The number of hydrogen-bond donors (Lipinski definition) is 2. The van der Waals surface area contributed by atoms with E-state index in [4.69, 9.17) is 0 Å². The van der Waals surface area contributed by atoms with Crippen molar-refractivity contribution < 1.29 is 0 Å². The number of imidazole rings is 1. The van der Waals surface area contributed by atoms with E-state index in [9.17, 15) is 0 Å². The number of anilines is 1. The van der Waals surface area contributed by atoms with Crippen LogP contribution in [0.3, 0.4) is 0 Å². The minimum atomic E-state index is 0.557. The van der Waals surface area contributed by atoms with Crippen LogP contribution in [0.15, 0.2) is 49.1 Å². The molecule has 0 bridgehead atoms.